The summed E-state index contributed by atoms with van der Waals surface area (Å²) in [4.78, 5) is 10.3. The molecule has 2 N–H and O–H groups in total. The van der Waals surface area contributed by atoms with Crippen LogP contribution < -0.4 is 5.73 Å². The maximum Gasteiger partial charge on any atom is 0.108 e. The Morgan fingerprint density at radius 2 is 1.85 bits per heavy atom. The van der Waals surface area contributed by atoms with E-state index >= 15 is 0 Å². The monoisotopic (exact) mass is 276 g/mol. The highest BCUT2D eigenvalue weighted by Gasteiger charge is 2.23. The smallest absolute Gasteiger partial charge is 0.108 e. The predicted molar refractivity (Wildman–Crippen MR) is 83.0 cm³/mol. The molecule has 4 heteroatoms. The van der Waals surface area contributed by atoms with Crippen LogP contribution in [-0.4, -0.2) is 18.8 Å². The summed E-state index contributed by atoms with van der Waals surface area (Å²) >= 11 is 0. The minimum absolute atomic E-state index is 0.0900. The first kappa shape index (κ1) is 16.5. The van der Waals surface area contributed by atoms with Gasteiger partial charge in [-0.3, -0.25) is 0 Å². The molecule has 0 spiro atoms. The maximum atomic E-state index is 10.3. The van der Waals surface area contributed by atoms with Gasteiger partial charge < -0.3 is 10.5 Å². The number of nitrogens with two attached hydrogens (primary N) is 1. The second-order valence-corrected chi connectivity index (χ2v) is 4.74. The summed E-state index contributed by atoms with van der Waals surface area (Å²) in [6.07, 6.45) is 2.78. The zero-order valence-electron chi connectivity index (χ0n) is 12.3. The Bertz CT molecular complexity index is 429. The van der Waals surface area contributed by atoms with Crippen molar-refractivity contribution in [1.29, 1.82) is 0 Å². The molecule has 1 aliphatic rings. The summed E-state index contributed by atoms with van der Waals surface area (Å²) in [5, 5.41) is 2.88. The van der Waals surface area contributed by atoms with E-state index < -0.39 is 0 Å². The van der Waals surface area contributed by atoms with E-state index in [0.29, 0.717) is 12.2 Å². The van der Waals surface area contributed by atoms with E-state index in [1.54, 1.807) is 12.1 Å². The zero-order chi connectivity index (χ0) is 15.0. The van der Waals surface area contributed by atoms with E-state index in [4.69, 9.17) is 10.5 Å². The first-order valence-corrected chi connectivity index (χ1v) is 7.15. The maximum absolute atomic E-state index is 10.3. The quantitative estimate of drug-likeness (QED) is 0.673. The standard InChI is InChI=1S/C14H18N2O2.C2H6/c1-10-6-13(18-14(7-10)9-15)8-11-2-4-12(16-17)5-3-11;1-2/h2-5,13-14H,1,6-9,15H2;1-2H3. The Hall–Kier alpha value is -1.52. The number of hydrogen-bond acceptors (Lipinski definition) is 4. The molecular weight excluding hydrogens is 252 g/mol. The lowest BCUT2D eigenvalue weighted by Crippen LogP contribution is -2.35. The van der Waals surface area contributed by atoms with Gasteiger partial charge in [-0.05, 0) is 42.1 Å². The van der Waals surface area contributed by atoms with Crippen molar-refractivity contribution in [2.75, 3.05) is 6.54 Å². The average Bonchev–Trinajstić information content (AvgIpc) is 2.49. The Morgan fingerprint density at radius 1 is 1.25 bits per heavy atom. The molecule has 4 nitrogen and oxygen atoms in total. The second kappa shape index (κ2) is 8.61. The van der Waals surface area contributed by atoms with Crippen LogP contribution in [0.2, 0.25) is 0 Å². The van der Waals surface area contributed by atoms with Crippen molar-refractivity contribution in [3.63, 3.8) is 0 Å². The molecule has 2 atom stereocenters. The third-order valence-electron chi connectivity index (χ3n) is 3.19. The van der Waals surface area contributed by atoms with Crippen molar-refractivity contribution in [2.45, 2.75) is 45.3 Å². The van der Waals surface area contributed by atoms with Crippen LogP contribution in [0, 0.1) is 4.91 Å². The summed E-state index contributed by atoms with van der Waals surface area (Å²) < 4.78 is 5.90. The number of benzene rings is 1. The molecule has 0 bridgehead atoms. The van der Waals surface area contributed by atoms with E-state index in [1.807, 2.05) is 26.0 Å². The highest BCUT2D eigenvalue weighted by Crippen LogP contribution is 2.25. The molecule has 0 saturated carbocycles. The molecule has 0 amide bonds. The molecule has 0 radical (unpaired) electrons. The van der Waals surface area contributed by atoms with Crippen LogP contribution in [0.3, 0.4) is 0 Å². The Labute approximate surface area is 121 Å². The van der Waals surface area contributed by atoms with Gasteiger partial charge >= 0.3 is 0 Å². The normalized spacial score (nSPS) is 21.9. The predicted octanol–water partition coefficient (Wildman–Crippen LogP) is 3.72. The van der Waals surface area contributed by atoms with Crippen molar-refractivity contribution in [2.24, 2.45) is 10.9 Å². The minimum Gasteiger partial charge on any atom is -0.373 e. The van der Waals surface area contributed by atoms with Crippen molar-refractivity contribution >= 4 is 5.69 Å². The van der Waals surface area contributed by atoms with Gasteiger partial charge in [0, 0.05) is 6.54 Å². The van der Waals surface area contributed by atoms with Crippen molar-refractivity contribution in [3.8, 4) is 0 Å². The summed E-state index contributed by atoms with van der Waals surface area (Å²) in [5.41, 5.74) is 8.44. The zero-order valence-corrected chi connectivity index (χ0v) is 12.3. The second-order valence-electron chi connectivity index (χ2n) is 4.74. The van der Waals surface area contributed by atoms with E-state index in [9.17, 15) is 4.91 Å². The Kier molecular flexibility index (Phi) is 7.12. The van der Waals surface area contributed by atoms with E-state index in [0.717, 1.165) is 24.8 Å². The highest BCUT2D eigenvalue weighted by atomic mass is 16.5. The third-order valence-corrected chi connectivity index (χ3v) is 3.19. The summed E-state index contributed by atoms with van der Waals surface area (Å²) in [5.74, 6) is 0. The van der Waals surface area contributed by atoms with Gasteiger partial charge in [0.2, 0.25) is 0 Å². The molecule has 1 aliphatic heterocycles. The molecule has 2 unspecified atom stereocenters. The number of nitroso groups, excluding NO2 is 1. The van der Waals surface area contributed by atoms with Gasteiger partial charge in [-0.2, -0.15) is 0 Å². The van der Waals surface area contributed by atoms with E-state index in [1.165, 1.54) is 5.57 Å². The molecular formula is C16H24N2O2. The fourth-order valence-corrected chi connectivity index (χ4v) is 2.31. The molecule has 1 saturated heterocycles. The van der Waals surface area contributed by atoms with Gasteiger partial charge in [0.25, 0.3) is 0 Å². The van der Waals surface area contributed by atoms with Crippen molar-refractivity contribution in [1.82, 2.24) is 0 Å². The first-order valence-electron chi connectivity index (χ1n) is 7.15. The molecule has 20 heavy (non-hydrogen) atoms. The number of hydrogen-bond donors (Lipinski definition) is 1. The average molecular weight is 276 g/mol. The number of nitrogens with zero attached hydrogens (tertiary/aromatic N) is 1. The van der Waals surface area contributed by atoms with Gasteiger partial charge in [-0.25, -0.2) is 0 Å². The molecule has 0 aliphatic carbocycles. The third kappa shape index (κ3) is 4.87. The highest BCUT2D eigenvalue weighted by molar-refractivity contribution is 5.38. The largest absolute Gasteiger partial charge is 0.373 e. The van der Waals surface area contributed by atoms with Gasteiger partial charge in [-0.1, -0.05) is 38.1 Å². The lowest BCUT2D eigenvalue weighted by Gasteiger charge is -2.31. The van der Waals surface area contributed by atoms with Gasteiger partial charge in [0.05, 0.1) is 12.2 Å². The Morgan fingerprint density at radius 3 is 2.40 bits per heavy atom. The lowest BCUT2D eigenvalue weighted by molar-refractivity contribution is -0.0249. The van der Waals surface area contributed by atoms with Crippen LogP contribution in [0.15, 0.2) is 41.6 Å². The number of ether oxygens (including phenoxy) is 1. The van der Waals surface area contributed by atoms with Crippen LogP contribution >= 0.6 is 0 Å². The van der Waals surface area contributed by atoms with Crippen molar-refractivity contribution < 1.29 is 4.74 Å². The first-order chi connectivity index (χ1) is 9.71. The fraction of sp³-hybridized carbons (Fsp3) is 0.500. The van der Waals surface area contributed by atoms with Crippen LogP contribution in [0.25, 0.3) is 0 Å². The van der Waals surface area contributed by atoms with E-state index in [-0.39, 0.29) is 12.2 Å². The topological polar surface area (TPSA) is 64.7 Å². The Balaban J connectivity index is 0.000000956. The van der Waals surface area contributed by atoms with Crippen LogP contribution in [0.5, 0.6) is 0 Å². The summed E-state index contributed by atoms with van der Waals surface area (Å²) in [6, 6.07) is 7.27. The molecule has 110 valence electrons. The van der Waals surface area contributed by atoms with Gasteiger partial charge in [0.1, 0.15) is 5.69 Å². The molecule has 1 aromatic carbocycles. The van der Waals surface area contributed by atoms with Crippen LogP contribution in [-0.2, 0) is 11.2 Å². The van der Waals surface area contributed by atoms with Crippen molar-refractivity contribution in [3.05, 3.63) is 46.9 Å². The van der Waals surface area contributed by atoms with Crippen LogP contribution in [0.1, 0.15) is 32.3 Å². The van der Waals surface area contributed by atoms with E-state index in [2.05, 4.69) is 11.8 Å². The number of rotatable bonds is 4. The molecule has 1 fully saturated rings. The molecule has 0 aromatic heterocycles. The molecule has 1 aromatic rings. The van der Waals surface area contributed by atoms with Gasteiger partial charge in [-0.15, -0.1) is 4.91 Å². The molecule has 2 rings (SSSR count). The van der Waals surface area contributed by atoms with Crippen LogP contribution in [0.4, 0.5) is 5.69 Å². The SMILES string of the molecule is C=C1CC(CN)OC(Cc2ccc(N=O)cc2)C1.CC. The fourth-order valence-electron chi connectivity index (χ4n) is 2.31. The lowest BCUT2D eigenvalue weighted by atomic mass is 9.95. The minimum atomic E-state index is 0.0900. The summed E-state index contributed by atoms with van der Waals surface area (Å²) in [6.45, 7) is 8.57. The molecule has 1 heterocycles. The van der Waals surface area contributed by atoms with Gasteiger partial charge in [0.15, 0.2) is 0 Å². The summed E-state index contributed by atoms with van der Waals surface area (Å²) in [7, 11) is 0.